The molecule has 0 unspecified atom stereocenters. The van der Waals surface area contributed by atoms with Crippen LogP contribution in [0.15, 0.2) is 60.7 Å². The molecule has 230 valence electrons. The fraction of sp³-hybridized carbons (Fsp3) is 0.343. The first-order valence-electron chi connectivity index (χ1n) is 14.6. The molecular formula is C35H37FeO7P+2. The zero-order valence-corrected chi connectivity index (χ0v) is 27.1. The van der Waals surface area contributed by atoms with Gasteiger partial charge >= 0.3 is 23.0 Å². The number of carbonyl (C=O) groups is 1. The maximum absolute atomic E-state index is 13.9. The summed E-state index contributed by atoms with van der Waals surface area (Å²) in [5.74, 6) is -1.48. The summed E-state index contributed by atoms with van der Waals surface area (Å²) in [4.78, 5) is 13.9. The van der Waals surface area contributed by atoms with E-state index in [1.165, 1.54) is 0 Å². The summed E-state index contributed by atoms with van der Waals surface area (Å²) >= 11 is 0. The van der Waals surface area contributed by atoms with Crippen LogP contribution >= 0.6 is 7.92 Å². The standard InChI is InChI=1S/C30H32O7P.C5H5.Fe/c1-29(2)32-18-22(35-29)24-25(26-28(34-24)37-30(3,4)36-26)33-27(31)21-16-11-17-23(21)38(19-12-7-5-8-13-19)20-14-9-6-10-15-20;1-2-4-5-3-1;/h5-17,22,24-26,28H,18H2,1-4H3;1-5H;/q;;+2/t22-,24-,25+,26-,28-;;/m1../s1. The Bertz CT molecular complexity index is 1160. The Balaban J connectivity index is 0.000000584. The van der Waals surface area contributed by atoms with E-state index in [4.69, 9.17) is 28.4 Å². The van der Waals surface area contributed by atoms with Gasteiger partial charge < -0.3 is 28.4 Å². The van der Waals surface area contributed by atoms with Crippen LogP contribution in [0.1, 0.15) is 27.7 Å². The van der Waals surface area contributed by atoms with Crippen molar-refractivity contribution in [1.29, 1.82) is 0 Å². The van der Waals surface area contributed by atoms with Crippen LogP contribution in [-0.4, -0.2) is 54.9 Å². The Morgan fingerprint density at radius 2 is 1.34 bits per heavy atom. The quantitative estimate of drug-likeness (QED) is 0.251. The predicted molar refractivity (Wildman–Crippen MR) is 163 cm³/mol. The van der Waals surface area contributed by atoms with E-state index in [-0.39, 0.29) is 17.1 Å². The molecule has 5 atom stereocenters. The number of benzene rings is 2. The number of esters is 1. The average Bonchev–Trinajstić information content (AvgIpc) is 3.82. The molecule has 5 aliphatic rings. The summed E-state index contributed by atoms with van der Waals surface area (Å²) in [5.41, 5.74) is 0.944. The molecule has 2 aromatic rings. The number of ether oxygens (including phenoxy) is 6. The molecule has 7 rings (SSSR count). The molecule has 0 aromatic heterocycles. The molecule has 0 N–H and O–H groups in total. The van der Waals surface area contributed by atoms with Gasteiger partial charge in [-0.1, -0.05) is 60.7 Å². The van der Waals surface area contributed by atoms with Crippen molar-refractivity contribution in [2.24, 2.45) is 0 Å². The first-order chi connectivity index (χ1) is 20.7. The Labute approximate surface area is 274 Å². The number of hydrogen-bond donors (Lipinski definition) is 0. The van der Waals surface area contributed by atoms with Crippen LogP contribution in [-0.2, 0) is 50.3 Å². The van der Waals surface area contributed by atoms with E-state index >= 15 is 0 Å². The Morgan fingerprint density at radius 1 is 0.750 bits per heavy atom. The average molecular weight is 656 g/mol. The SMILES string of the molecule is CC1(C)O[C@H]2O[C@H]([C@H]3COC(C)(C)O3)[C@H](OC(=O)[C]3[CH][CH][CH][C]3P(c3ccccc3)c3ccccc3)[C@H]2O1.[CH]1[CH][CH][CH][CH]1.[Fe+2]. The molecule has 3 saturated heterocycles. The van der Waals surface area contributed by atoms with Gasteiger partial charge in [-0.05, 0) is 97.6 Å². The van der Waals surface area contributed by atoms with Gasteiger partial charge in [0.05, 0.1) is 6.61 Å². The minimum atomic E-state index is -0.972. The molecule has 10 radical (unpaired) electrons. The van der Waals surface area contributed by atoms with Crippen LogP contribution in [0.4, 0.5) is 0 Å². The smallest absolute Gasteiger partial charge is 0.456 e. The summed E-state index contributed by atoms with van der Waals surface area (Å²) in [6.07, 6.45) is 12.8. The van der Waals surface area contributed by atoms with Gasteiger partial charge in [-0.25, -0.2) is 0 Å². The molecule has 2 aliphatic carbocycles. The van der Waals surface area contributed by atoms with E-state index in [9.17, 15) is 4.79 Å². The van der Waals surface area contributed by atoms with Gasteiger partial charge in [0.15, 0.2) is 30.1 Å². The zero-order chi connectivity index (χ0) is 30.0. The van der Waals surface area contributed by atoms with Crippen molar-refractivity contribution >= 4 is 24.5 Å². The second kappa shape index (κ2) is 14.6. The third-order valence-corrected chi connectivity index (χ3v) is 10.0. The van der Waals surface area contributed by atoms with Crippen molar-refractivity contribution in [1.82, 2.24) is 0 Å². The van der Waals surface area contributed by atoms with Gasteiger partial charge in [0, 0.05) is 5.66 Å². The molecule has 3 aliphatic heterocycles. The van der Waals surface area contributed by atoms with Gasteiger partial charge in [-0.15, -0.1) is 0 Å². The van der Waals surface area contributed by atoms with Crippen molar-refractivity contribution in [2.75, 3.05) is 6.61 Å². The summed E-state index contributed by atoms with van der Waals surface area (Å²) < 4.78 is 36.4. The van der Waals surface area contributed by atoms with Gasteiger partial charge in [-0.3, -0.25) is 4.79 Å². The molecule has 7 nitrogen and oxygen atoms in total. The molecule has 0 spiro atoms. The van der Waals surface area contributed by atoms with Crippen molar-refractivity contribution < 1.29 is 50.3 Å². The zero-order valence-electron chi connectivity index (χ0n) is 25.1. The third-order valence-electron chi connectivity index (χ3n) is 7.51. The van der Waals surface area contributed by atoms with Crippen molar-refractivity contribution in [3.63, 3.8) is 0 Å². The van der Waals surface area contributed by atoms with E-state index in [1.807, 2.05) is 115 Å². The fourth-order valence-electron chi connectivity index (χ4n) is 5.68. The van der Waals surface area contributed by atoms with Gasteiger partial charge in [0.1, 0.15) is 18.1 Å². The van der Waals surface area contributed by atoms with Gasteiger partial charge in [0.25, 0.3) is 0 Å². The summed E-state index contributed by atoms with van der Waals surface area (Å²) in [7, 11) is -0.972. The minimum Gasteiger partial charge on any atom is -0.456 e. The number of fused-ring (bicyclic) bond motifs is 1. The monoisotopic (exact) mass is 656 g/mol. The fourth-order valence-corrected chi connectivity index (χ4v) is 8.12. The topological polar surface area (TPSA) is 72.5 Å². The normalized spacial score (nSPS) is 30.9. The van der Waals surface area contributed by atoms with Crippen LogP contribution in [0.2, 0.25) is 0 Å². The first-order valence-corrected chi connectivity index (χ1v) is 15.9. The molecule has 3 heterocycles. The second-order valence-corrected chi connectivity index (χ2v) is 13.8. The van der Waals surface area contributed by atoms with E-state index in [0.717, 1.165) is 16.3 Å². The molecule has 44 heavy (non-hydrogen) atoms. The molecule has 9 heteroatoms. The Kier molecular flexibility index (Phi) is 11.3. The van der Waals surface area contributed by atoms with Gasteiger partial charge in [0.2, 0.25) is 0 Å². The molecule has 0 bridgehead atoms. The number of carbonyl (C=O) groups excluding carboxylic acids is 1. The van der Waals surface area contributed by atoms with E-state index in [2.05, 4.69) is 24.3 Å². The molecule has 0 amide bonds. The molecular weight excluding hydrogens is 619 g/mol. The molecule has 2 saturated carbocycles. The van der Waals surface area contributed by atoms with E-state index < -0.39 is 56.2 Å². The number of rotatable bonds is 6. The van der Waals surface area contributed by atoms with Crippen LogP contribution in [0.3, 0.4) is 0 Å². The van der Waals surface area contributed by atoms with Crippen LogP contribution in [0, 0.1) is 62.9 Å². The predicted octanol–water partition coefficient (Wildman–Crippen LogP) is 4.81. The summed E-state index contributed by atoms with van der Waals surface area (Å²) in [5, 5.41) is 2.31. The van der Waals surface area contributed by atoms with Gasteiger partial charge in [-0.2, -0.15) is 0 Å². The van der Waals surface area contributed by atoms with Crippen LogP contribution < -0.4 is 10.6 Å². The third kappa shape index (κ3) is 7.78. The van der Waals surface area contributed by atoms with E-state index in [0.29, 0.717) is 12.5 Å². The molecule has 5 fully saturated rings. The summed E-state index contributed by atoms with van der Waals surface area (Å²) in [6, 6.07) is 20.5. The van der Waals surface area contributed by atoms with Crippen molar-refractivity contribution in [3.05, 3.63) is 124 Å². The largest absolute Gasteiger partial charge is 2.00 e. The van der Waals surface area contributed by atoms with E-state index in [1.54, 1.807) is 0 Å². The Hall–Kier alpha value is -1.34. The molecule has 2 aromatic carbocycles. The minimum absolute atomic E-state index is 0. The first kappa shape index (κ1) is 34.0. The maximum atomic E-state index is 13.9. The van der Waals surface area contributed by atoms with Crippen molar-refractivity contribution in [2.45, 2.75) is 70.0 Å². The summed E-state index contributed by atoms with van der Waals surface area (Å²) in [6.45, 7) is 7.67. The second-order valence-electron chi connectivity index (χ2n) is 11.6. The maximum Gasteiger partial charge on any atom is 2.00 e. The van der Waals surface area contributed by atoms with Crippen molar-refractivity contribution in [3.8, 4) is 0 Å². The van der Waals surface area contributed by atoms with Crippen LogP contribution in [0.25, 0.3) is 0 Å². The van der Waals surface area contributed by atoms with Crippen LogP contribution in [0.5, 0.6) is 0 Å². The number of hydrogen-bond acceptors (Lipinski definition) is 7. The Morgan fingerprint density at radius 3 is 1.89 bits per heavy atom.